The van der Waals surface area contributed by atoms with Gasteiger partial charge in [-0.25, -0.2) is 0 Å². The summed E-state index contributed by atoms with van der Waals surface area (Å²) in [5.74, 6) is 1.50. The topological polar surface area (TPSA) is 12.0 Å². The maximum atomic E-state index is 5.61. The van der Waals surface area contributed by atoms with E-state index in [0.29, 0.717) is 0 Å². The number of halogens is 1. The van der Waals surface area contributed by atoms with Gasteiger partial charge in [-0.05, 0) is 30.5 Å². The minimum Gasteiger partial charge on any atom is -0.316 e. The lowest BCUT2D eigenvalue weighted by Gasteiger charge is -2.30. The normalized spacial score (nSPS) is 18.8. The highest BCUT2D eigenvalue weighted by molar-refractivity contribution is 6.17. The Hall–Kier alpha value is -0.530. The Morgan fingerprint density at radius 1 is 1.36 bits per heavy atom. The first kappa shape index (κ1) is 10.0. The van der Waals surface area contributed by atoms with Crippen LogP contribution in [0.5, 0.6) is 0 Å². The minimum absolute atomic E-state index is 0.738. The van der Waals surface area contributed by atoms with Crippen molar-refractivity contribution in [1.29, 1.82) is 0 Å². The summed E-state index contributed by atoms with van der Waals surface area (Å²) in [6, 6.07) is 8.72. The highest BCUT2D eigenvalue weighted by Crippen LogP contribution is 2.33. The average molecular weight is 210 g/mol. The first-order chi connectivity index (χ1) is 6.92. The molecule has 1 nitrogen and oxygen atoms in total. The summed E-state index contributed by atoms with van der Waals surface area (Å²) in [6.45, 7) is 2.15. The Bertz CT molecular complexity index is 298. The first-order valence-corrected chi connectivity index (χ1v) is 5.79. The molecule has 0 spiro atoms. The van der Waals surface area contributed by atoms with Crippen LogP contribution in [-0.2, 0) is 6.42 Å². The molecule has 76 valence electrons. The predicted molar refractivity (Wildman–Crippen MR) is 61.1 cm³/mol. The van der Waals surface area contributed by atoms with Crippen molar-refractivity contribution in [1.82, 2.24) is 5.32 Å². The summed E-state index contributed by atoms with van der Waals surface area (Å²) < 4.78 is 0. The maximum absolute atomic E-state index is 5.61. The summed E-state index contributed by atoms with van der Waals surface area (Å²) in [4.78, 5) is 0. The van der Waals surface area contributed by atoms with Gasteiger partial charge < -0.3 is 5.32 Å². The largest absolute Gasteiger partial charge is 0.316 e. The van der Waals surface area contributed by atoms with Crippen LogP contribution in [0.3, 0.4) is 0 Å². The molecule has 0 heterocycles. The molecule has 0 saturated carbocycles. The summed E-state index contributed by atoms with van der Waals surface area (Å²) in [5, 5.41) is 3.44. The van der Waals surface area contributed by atoms with Crippen LogP contribution in [-0.4, -0.2) is 19.0 Å². The van der Waals surface area contributed by atoms with Crippen molar-refractivity contribution in [3.05, 3.63) is 35.4 Å². The van der Waals surface area contributed by atoms with E-state index in [2.05, 4.69) is 29.6 Å². The standard InChI is InChI=1S/C12H16ClN/c13-6-3-7-14-9-11-8-10-4-1-2-5-12(10)11/h1-2,4-5,11,14H,3,6-9H2. The minimum atomic E-state index is 0.738. The van der Waals surface area contributed by atoms with Crippen LogP contribution in [0.2, 0.25) is 0 Å². The zero-order valence-corrected chi connectivity index (χ0v) is 9.06. The van der Waals surface area contributed by atoms with Crippen molar-refractivity contribution in [2.75, 3.05) is 19.0 Å². The molecule has 14 heavy (non-hydrogen) atoms. The Morgan fingerprint density at radius 3 is 3.00 bits per heavy atom. The van der Waals surface area contributed by atoms with E-state index in [9.17, 15) is 0 Å². The molecular formula is C12H16ClN. The number of benzene rings is 1. The van der Waals surface area contributed by atoms with Crippen LogP contribution in [0.15, 0.2) is 24.3 Å². The van der Waals surface area contributed by atoms with E-state index in [4.69, 9.17) is 11.6 Å². The summed E-state index contributed by atoms with van der Waals surface area (Å²) in [6.07, 6.45) is 2.31. The lowest BCUT2D eigenvalue weighted by atomic mass is 9.77. The Labute approximate surface area is 90.5 Å². The second-order valence-corrected chi connectivity index (χ2v) is 4.22. The van der Waals surface area contributed by atoms with Crippen LogP contribution in [0.1, 0.15) is 23.5 Å². The van der Waals surface area contributed by atoms with Crippen LogP contribution >= 0.6 is 11.6 Å². The summed E-state index contributed by atoms with van der Waals surface area (Å²) in [7, 11) is 0. The Balaban J connectivity index is 1.76. The van der Waals surface area contributed by atoms with Crippen LogP contribution < -0.4 is 5.32 Å². The highest BCUT2D eigenvalue weighted by Gasteiger charge is 2.24. The zero-order valence-electron chi connectivity index (χ0n) is 8.30. The fourth-order valence-corrected chi connectivity index (χ4v) is 2.15. The average Bonchev–Trinajstić information content (AvgIpc) is 2.19. The number of fused-ring (bicyclic) bond motifs is 1. The van der Waals surface area contributed by atoms with E-state index in [-0.39, 0.29) is 0 Å². The second kappa shape index (κ2) is 4.81. The van der Waals surface area contributed by atoms with Gasteiger partial charge in [0.1, 0.15) is 0 Å². The molecule has 1 aliphatic rings. The van der Waals surface area contributed by atoms with E-state index in [1.165, 1.54) is 17.5 Å². The van der Waals surface area contributed by atoms with Gasteiger partial charge in [0.15, 0.2) is 0 Å². The molecule has 1 aliphatic carbocycles. The molecule has 0 fully saturated rings. The third-order valence-electron chi connectivity index (χ3n) is 2.84. The molecule has 1 unspecified atom stereocenters. The molecule has 0 bridgehead atoms. The highest BCUT2D eigenvalue weighted by atomic mass is 35.5. The van der Waals surface area contributed by atoms with Crippen molar-refractivity contribution < 1.29 is 0 Å². The molecule has 2 heteroatoms. The van der Waals surface area contributed by atoms with E-state index in [0.717, 1.165) is 31.3 Å². The van der Waals surface area contributed by atoms with Crippen molar-refractivity contribution >= 4 is 11.6 Å². The van der Waals surface area contributed by atoms with E-state index < -0.39 is 0 Å². The van der Waals surface area contributed by atoms with Gasteiger partial charge >= 0.3 is 0 Å². The van der Waals surface area contributed by atoms with Gasteiger partial charge in [0.05, 0.1) is 0 Å². The second-order valence-electron chi connectivity index (χ2n) is 3.85. The zero-order chi connectivity index (χ0) is 9.80. The molecule has 0 aliphatic heterocycles. The number of rotatable bonds is 5. The van der Waals surface area contributed by atoms with Gasteiger partial charge in [0.2, 0.25) is 0 Å². The van der Waals surface area contributed by atoms with E-state index in [1.54, 1.807) is 0 Å². The van der Waals surface area contributed by atoms with E-state index >= 15 is 0 Å². The van der Waals surface area contributed by atoms with Gasteiger partial charge in [-0.2, -0.15) is 0 Å². The van der Waals surface area contributed by atoms with Crippen LogP contribution in [0, 0.1) is 0 Å². The van der Waals surface area contributed by atoms with Crippen LogP contribution in [0.25, 0.3) is 0 Å². The molecule has 1 aromatic carbocycles. The van der Waals surface area contributed by atoms with Gasteiger partial charge in [-0.3, -0.25) is 0 Å². The quantitative estimate of drug-likeness (QED) is 0.581. The maximum Gasteiger partial charge on any atom is 0.0235 e. The van der Waals surface area contributed by atoms with Gasteiger partial charge in [0, 0.05) is 18.3 Å². The number of alkyl halides is 1. The molecule has 0 amide bonds. The molecule has 0 saturated heterocycles. The molecule has 1 atom stereocenters. The van der Waals surface area contributed by atoms with Crippen molar-refractivity contribution in [3.8, 4) is 0 Å². The van der Waals surface area contributed by atoms with Crippen LogP contribution in [0.4, 0.5) is 0 Å². The Kier molecular flexibility index (Phi) is 3.44. The number of hydrogen-bond acceptors (Lipinski definition) is 1. The third kappa shape index (κ3) is 2.10. The van der Waals surface area contributed by atoms with Gasteiger partial charge in [-0.1, -0.05) is 24.3 Å². The monoisotopic (exact) mass is 209 g/mol. The predicted octanol–water partition coefficient (Wildman–Crippen LogP) is 2.54. The lowest BCUT2D eigenvalue weighted by Crippen LogP contribution is -2.29. The van der Waals surface area contributed by atoms with Crippen molar-refractivity contribution in [2.45, 2.75) is 18.8 Å². The van der Waals surface area contributed by atoms with Crippen molar-refractivity contribution in [2.24, 2.45) is 0 Å². The fraction of sp³-hybridized carbons (Fsp3) is 0.500. The molecule has 2 rings (SSSR count). The third-order valence-corrected chi connectivity index (χ3v) is 3.11. The van der Waals surface area contributed by atoms with E-state index in [1.807, 2.05) is 0 Å². The smallest absolute Gasteiger partial charge is 0.0235 e. The summed E-state index contributed by atoms with van der Waals surface area (Å²) in [5.41, 5.74) is 3.06. The van der Waals surface area contributed by atoms with Gasteiger partial charge in [0.25, 0.3) is 0 Å². The molecule has 1 N–H and O–H groups in total. The SMILES string of the molecule is ClCCCNCC1Cc2ccccc21. The Morgan fingerprint density at radius 2 is 2.21 bits per heavy atom. The molecule has 0 radical (unpaired) electrons. The lowest BCUT2D eigenvalue weighted by molar-refractivity contribution is 0.535. The molecule has 1 aromatic rings. The van der Waals surface area contributed by atoms with Gasteiger partial charge in [-0.15, -0.1) is 11.6 Å². The van der Waals surface area contributed by atoms with Crippen molar-refractivity contribution in [3.63, 3.8) is 0 Å². The number of hydrogen-bond donors (Lipinski definition) is 1. The molecule has 0 aromatic heterocycles. The summed E-state index contributed by atoms with van der Waals surface area (Å²) >= 11 is 5.61. The first-order valence-electron chi connectivity index (χ1n) is 5.26. The number of nitrogens with one attached hydrogen (secondary N) is 1. The molecular weight excluding hydrogens is 194 g/mol. The fourth-order valence-electron chi connectivity index (χ4n) is 2.01.